The van der Waals surface area contributed by atoms with Crippen molar-refractivity contribution >= 4 is 0 Å². The van der Waals surface area contributed by atoms with Gasteiger partial charge in [-0.15, -0.1) is 0 Å². The van der Waals surface area contributed by atoms with E-state index in [9.17, 15) is 9.50 Å². The molecule has 0 aromatic heterocycles. The molecule has 20 heavy (non-hydrogen) atoms. The lowest BCUT2D eigenvalue weighted by molar-refractivity contribution is -0.0464. The van der Waals surface area contributed by atoms with Crippen molar-refractivity contribution < 1.29 is 19.0 Å². The number of hydrogen-bond donors (Lipinski definition) is 1. The number of aliphatic hydroxyl groups excluding tert-OH is 1. The number of nitrogens with zero attached hydrogens (tertiary/aromatic N) is 1. The Kier molecular flexibility index (Phi) is 5.34. The van der Waals surface area contributed by atoms with E-state index in [2.05, 4.69) is 11.8 Å². The van der Waals surface area contributed by atoms with Crippen LogP contribution in [0.15, 0.2) is 18.2 Å². The van der Waals surface area contributed by atoms with Gasteiger partial charge in [-0.1, -0.05) is 6.92 Å². The van der Waals surface area contributed by atoms with Gasteiger partial charge in [0, 0.05) is 24.7 Å². The number of ether oxygens (including phenoxy) is 2. The van der Waals surface area contributed by atoms with Crippen LogP contribution < -0.4 is 4.74 Å². The van der Waals surface area contributed by atoms with Crippen molar-refractivity contribution in [3.05, 3.63) is 29.6 Å². The molecular weight excluding hydrogens is 261 g/mol. The molecule has 1 saturated heterocycles. The van der Waals surface area contributed by atoms with Crippen LogP contribution in [0.2, 0.25) is 0 Å². The van der Waals surface area contributed by atoms with Crippen LogP contribution in [-0.4, -0.2) is 49.0 Å². The molecule has 0 aliphatic carbocycles. The Morgan fingerprint density at radius 1 is 1.55 bits per heavy atom. The Morgan fingerprint density at radius 2 is 2.35 bits per heavy atom. The normalized spacial score (nSPS) is 21.7. The average Bonchev–Trinajstić information content (AvgIpc) is 2.45. The van der Waals surface area contributed by atoms with Crippen LogP contribution in [0.5, 0.6) is 5.75 Å². The van der Waals surface area contributed by atoms with Crippen LogP contribution in [0.3, 0.4) is 0 Å². The predicted molar refractivity (Wildman–Crippen MR) is 74.4 cm³/mol. The third-order valence-corrected chi connectivity index (χ3v) is 3.53. The van der Waals surface area contributed by atoms with Gasteiger partial charge in [-0.3, -0.25) is 4.90 Å². The first-order valence-corrected chi connectivity index (χ1v) is 7.04. The highest BCUT2D eigenvalue weighted by atomic mass is 19.1. The van der Waals surface area contributed by atoms with E-state index in [1.165, 1.54) is 13.0 Å². The predicted octanol–water partition coefficient (Wildman–Crippen LogP) is 1.98. The molecule has 0 spiro atoms. The summed E-state index contributed by atoms with van der Waals surface area (Å²) in [4.78, 5) is 2.30. The van der Waals surface area contributed by atoms with Gasteiger partial charge in [0.05, 0.1) is 12.7 Å². The molecule has 1 heterocycles. The van der Waals surface area contributed by atoms with Gasteiger partial charge >= 0.3 is 0 Å². The zero-order chi connectivity index (χ0) is 14.5. The summed E-state index contributed by atoms with van der Waals surface area (Å²) in [6.07, 6.45) is -0.799. The Hall–Kier alpha value is -1.17. The van der Waals surface area contributed by atoms with Gasteiger partial charge < -0.3 is 14.6 Å². The summed E-state index contributed by atoms with van der Waals surface area (Å²) in [5, 5.41) is 9.38. The quantitative estimate of drug-likeness (QED) is 0.897. The fourth-order valence-corrected chi connectivity index (χ4v) is 2.29. The smallest absolute Gasteiger partial charge is 0.132 e. The fourth-order valence-electron chi connectivity index (χ4n) is 2.29. The molecule has 1 N–H and O–H groups in total. The Labute approximate surface area is 119 Å². The van der Waals surface area contributed by atoms with E-state index in [0.717, 1.165) is 19.6 Å². The van der Waals surface area contributed by atoms with E-state index in [1.807, 2.05) is 0 Å². The molecule has 1 aliphatic heterocycles. The fraction of sp³-hybridized carbons (Fsp3) is 0.600. The summed E-state index contributed by atoms with van der Waals surface area (Å²) in [7, 11) is 0. The van der Waals surface area contributed by atoms with Crippen LogP contribution >= 0.6 is 0 Å². The highest BCUT2D eigenvalue weighted by Gasteiger charge is 2.20. The molecule has 1 aliphatic rings. The molecule has 1 aromatic rings. The van der Waals surface area contributed by atoms with Crippen LogP contribution in [0.1, 0.15) is 25.5 Å². The van der Waals surface area contributed by atoms with Gasteiger partial charge in [-0.25, -0.2) is 4.39 Å². The second-order valence-corrected chi connectivity index (χ2v) is 5.06. The molecule has 2 rings (SSSR count). The molecule has 0 radical (unpaired) electrons. The maximum atomic E-state index is 13.7. The molecule has 1 unspecified atom stereocenters. The molecule has 5 heteroatoms. The summed E-state index contributed by atoms with van der Waals surface area (Å²) >= 11 is 0. The highest BCUT2D eigenvalue weighted by molar-refractivity contribution is 5.30. The lowest BCUT2D eigenvalue weighted by Crippen LogP contribution is -2.44. The molecule has 0 amide bonds. The number of halogens is 1. The Morgan fingerprint density at radius 3 is 3.00 bits per heavy atom. The van der Waals surface area contributed by atoms with Crippen molar-refractivity contribution in [2.24, 2.45) is 0 Å². The molecule has 4 nitrogen and oxygen atoms in total. The van der Waals surface area contributed by atoms with Crippen LogP contribution in [0.4, 0.5) is 4.39 Å². The number of morpholine rings is 1. The third-order valence-electron chi connectivity index (χ3n) is 3.53. The van der Waals surface area contributed by atoms with Crippen LogP contribution in [-0.2, 0) is 4.74 Å². The number of likely N-dealkylation sites (N-methyl/N-ethyl adjacent to an activating group) is 1. The minimum absolute atomic E-state index is 0.0169. The second-order valence-electron chi connectivity index (χ2n) is 5.06. The molecule has 1 fully saturated rings. The topological polar surface area (TPSA) is 41.9 Å². The minimum Gasteiger partial charge on any atom is -0.491 e. The van der Waals surface area contributed by atoms with Gasteiger partial charge in [0.25, 0.3) is 0 Å². The van der Waals surface area contributed by atoms with Crippen molar-refractivity contribution in [3.8, 4) is 5.75 Å². The molecule has 0 bridgehead atoms. The lowest BCUT2D eigenvalue weighted by atomic mass is 10.1. The van der Waals surface area contributed by atoms with E-state index < -0.39 is 11.9 Å². The van der Waals surface area contributed by atoms with Crippen molar-refractivity contribution in [2.75, 3.05) is 32.8 Å². The lowest BCUT2D eigenvalue weighted by Gasteiger charge is -2.31. The molecular formula is C15H22FNO3. The molecule has 112 valence electrons. The van der Waals surface area contributed by atoms with Crippen molar-refractivity contribution in [2.45, 2.75) is 26.1 Å². The van der Waals surface area contributed by atoms with E-state index in [-0.39, 0.29) is 11.7 Å². The van der Waals surface area contributed by atoms with E-state index in [1.54, 1.807) is 12.1 Å². The van der Waals surface area contributed by atoms with E-state index in [4.69, 9.17) is 9.47 Å². The first kappa shape index (κ1) is 15.2. The van der Waals surface area contributed by atoms with Gasteiger partial charge in [-0.2, -0.15) is 0 Å². The van der Waals surface area contributed by atoms with E-state index in [0.29, 0.717) is 19.0 Å². The number of aliphatic hydroxyl groups is 1. The molecule has 2 atom stereocenters. The number of benzene rings is 1. The minimum atomic E-state index is -0.816. The summed E-state index contributed by atoms with van der Waals surface area (Å²) in [6, 6.07) is 4.53. The Balaban J connectivity index is 1.89. The largest absolute Gasteiger partial charge is 0.491 e. The van der Waals surface area contributed by atoms with Crippen LogP contribution in [0, 0.1) is 5.82 Å². The number of hydrogen-bond acceptors (Lipinski definition) is 4. The summed E-state index contributed by atoms with van der Waals surface area (Å²) in [5.74, 6) is 0.0152. The van der Waals surface area contributed by atoms with Gasteiger partial charge in [0.15, 0.2) is 0 Å². The zero-order valence-electron chi connectivity index (χ0n) is 12.0. The summed E-state index contributed by atoms with van der Waals surface area (Å²) in [6.45, 7) is 7.55. The maximum absolute atomic E-state index is 13.7. The summed E-state index contributed by atoms with van der Waals surface area (Å²) < 4.78 is 24.9. The highest BCUT2D eigenvalue weighted by Crippen LogP contribution is 2.22. The maximum Gasteiger partial charge on any atom is 0.132 e. The van der Waals surface area contributed by atoms with Crippen molar-refractivity contribution in [3.63, 3.8) is 0 Å². The SMILES string of the molecule is CCN1CCOC(COc2ccc([C@@H](C)O)c(F)c2)C1. The van der Waals surface area contributed by atoms with Crippen LogP contribution in [0.25, 0.3) is 0 Å². The molecule has 0 saturated carbocycles. The average molecular weight is 283 g/mol. The third kappa shape index (κ3) is 3.91. The van der Waals surface area contributed by atoms with Gasteiger partial charge in [0.1, 0.15) is 24.3 Å². The first-order valence-electron chi connectivity index (χ1n) is 7.04. The molecule has 1 aromatic carbocycles. The standard InChI is InChI=1S/C15H22FNO3/c1-3-17-6-7-19-13(9-17)10-20-12-4-5-14(11(2)18)15(16)8-12/h4-5,8,11,13,18H,3,6-7,9-10H2,1-2H3/t11-,13?/m1/s1. The van der Waals surface area contributed by atoms with Crippen molar-refractivity contribution in [1.82, 2.24) is 4.90 Å². The second kappa shape index (κ2) is 7.02. The van der Waals surface area contributed by atoms with Gasteiger partial charge in [0.2, 0.25) is 0 Å². The number of rotatable bonds is 5. The van der Waals surface area contributed by atoms with Gasteiger partial charge in [-0.05, 0) is 25.6 Å². The monoisotopic (exact) mass is 283 g/mol. The van der Waals surface area contributed by atoms with E-state index >= 15 is 0 Å². The summed E-state index contributed by atoms with van der Waals surface area (Å²) in [5.41, 5.74) is 0.281. The first-order chi connectivity index (χ1) is 9.60. The van der Waals surface area contributed by atoms with Crippen molar-refractivity contribution in [1.29, 1.82) is 0 Å². The zero-order valence-corrected chi connectivity index (χ0v) is 12.0. The Bertz CT molecular complexity index is 439.